The van der Waals surface area contributed by atoms with Gasteiger partial charge < -0.3 is 9.97 Å². The standard InChI is InChI=1S/C26H19FNS.C14H16NSi.Ir/c1-16(2)18-13-14-28-24(15-18)23-8-4-7-22-21-6-3-5-20(25(21)29-26(22)23)17-9-11-19(27)12-10-17;1-16(2,3)13-9-10-14(15-11-13)12-7-5-4-6-8-12;/h3-7,9-16H,1-2H3;4-7,9-11H,1-3H3;/q2*-1;/i16D;;. The Morgan fingerprint density at radius 1 is 0.783 bits per heavy atom. The summed E-state index contributed by atoms with van der Waals surface area (Å²) in [6, 6.07) is 39.6. The number of benzene rings is 4. The summed E-state index contributed by atoms with van der Waals surface area (Å²) in [7, 11) is -1.23. The molecule has 3 aromatic heterocycles. The van der Waals surface area contributed by atoms with Crippen molar-refractivity contribution in [1.29, 1.82) is 0 Å². The summed E-state index contributed by atoms with van der Waals surface area (Å²) in [5, 5.41) is 3.72. The fourth-order valence-corrected chi connectivity index (χ4v) is 7.61. The third kappa shape index (κ3) is 7.27. The second kappa shape index (κ2) is 14.3. The Morgan fingerprint density at radius 2 is 1.57 bits per heavy atom. The normalized spacial score (nSPS) is 11.8. The minimum absolute atomic E-state index is 0. The SMILES string of the molecule is C[Si](C)(C)c1ccc(-c2[c-]cccc2)nc1.[2H]C(C)(C)c1ccnc(-c2[c-]ccc3c2sc2c(-c4ccc(F)cc4)cccc23)c1.[Ir]. The molecule has 0 fully saturated rings. The van der Waals surface area contributed by atoms with Gasteiger partial charge >= 0.3 is 0 Å². The zero-order valence-corrected chi connectivity index (χ0v) is 30.7. The molecule has 7 aromatic rings. The summed E-state index contributed by atoms with van der Waals surface area (Å²) >= 11 is 1.71. The molecule has 2 nitrogen and oxygen atoms in total. The van der Waals surface area contributed by atoms with Crippen LogP contribution in [0.3, 0.4) is 0 Å². The van der Waals surface area contributed by atoms with E-state index in [9.17, 15) is 4.39 Å². The van der Waals surface area contributed by atoms with Crippen LogP contribution in [0.15, 0.2) is 116 Å². The monoisotopic (exact) mass is 816 g/mol. The van der Waals surface area contributed by atoms with Crippen molar-refractivity contribution >= 4 is 44.8 Å². The van der Waals surface area contributed by atoms with Gasteiger partial charge in [0, 0.05) is 38.6 Å². The van der Waals surface area contributed by atoms with E-state index < -0.39 is 14.0 Å². The molecule has 0 aliphatic rings. The van der Waals surface area contributed by atoms with E-state index in [0.717, 1.165) is 54.0 Å². The van der Waals surface area contributed by atoms with Gasteiger partial charge in [0.25, 0.3) is 0 Å². The van der Waals surface area contributed by atoms with Gasteiger partial charge in [0.15, 0.2) is 0 Å². The number of pyridine rings is 2. The van der Waals surface area contributed by atoms with E-state index in [1.807, 2.05) is 80.7 Å². The van der Waals surface area contributed by atoms with Gasteiger partial charge in [0.2, 0.25) is 0 Å². The van der Waals surface area contributed by atoms with Crippen LogP contribution in [0.2, 0.25) is 19.6 Å². The number of hydrogen-bond donors (Lipinski definition) is 0. The number of fused-ring (bicyclic) bond motifs is 3. The molecule has 233 valence electrons. The molecule has 0 aliphatic carbocycles. The van der Waals surface area contributed by atoms with E-state index in [4.69, 9.17) is 1.37 Å². The zero-order valence-electron chi connectivity index (χ0n) is 27.5. The molecule has 0 saturated heterocycles. The van der Waals surface area contributed by atoms with Crippen molar-refractivity contribution < 1.29 is 25.9 Å². The third-order valence-corrected chi connectivity index (χ3v) is 11.1. The van der Waals surface area contributed by atoms with Crippen molar-refractivity contribution in [3.63, 3.8) is 0 Å². The molecule has 0 N–H and O–H groups in total. The Morgan fingerprint density at radius 3 is 2.24 bits per heavy atom. The summed E-state index contributed by atoms with van der Waals surface area (Å²) in [4.78, 5) is 9.10. The minimum atomic E-state index is -1.23. The van der Waals surface area contributed by atoms with E-state index >= 15 is 0 Å². The van der Waals surface area contributed by atoms with Gasteiger partial charge in [-0.15, -0.1) is 59.7 Å². The molecule has 46 heavy (non-hydrogen) atoms. The third-order valence-electron chi connectivity index (χ3n) is 7.82. The van der Waals surface area contributed by atoms with E-state index in [0.29, 0.717) is 0 Å². The molecular weight excluding hydrogens is 780 g/mol. The first kappa shape index (κ1) is 32.1. The first-order valence-electron chi connectivity index (χ1n) is 15.5. The first-order chi connectivity index (χ1) is 22.0. The van der Waals surface area contributed by atoms with Gasteiger partial charge in [-0.25, -0.2) is 4.39 Å². The van der Waals surface area contributed by atoms with Gasteiger partial charge in [-0.1, -0.05) is 93.0 Å². The number of aromatic nitrogens is 2. The molecule has 7 rings (SSSR count). The van der Waals surface area contributed by atoms with Crippen LogP contribution >= 0.6 is 11.3 Å². The number of hydrogen-bond acceptors (Lipinski definition) is 3. The van der Waals surface area contributed by atoms with Crippen molar-refractivity contribution in [3.05, 3.63) is 139 Å². The van der Waals surface area contributed by atoms with Crippen molar-refractivity contribution in [3.8, 4) is 33.6 Å². The number of halogens is 1. The predicted molar refractivity (Wildman–Crippen MR) is 192 cm³/mol. The number of thiophene rings is 1. The molecule has 3 heterocycles. The van der Waals surface area contributed by atoms with Crippen LogP contribution in [0.1, 0.15) is 26.7 Å². The molecule has 0 spiro atoms. The van der Waals surface area contributed by atoms with Gasteiger partial charge in [-0.3, -0.25) is 0 Å². The Labute approximate surface area is 291 Å². The summed E-state index contributed by atoms with van der Waals surface area (Å²) in [5.41, 5.74) is 6.85. The second-order valence-corrected chi connectivity index (χ2v) is 18.4. The fourth-order valence-electron chi connectivity index (χ4n) is 5.24. The second-order valence-electron chi connectivity index (χ2n) is 12.3. The smallest absolute Gasteiger partial charge is 0.123 e. The molecule has 6 heteroatoms. The van der Waals surface area contributed by atoms with Gasteiger partial charge in [-0.2, -0.15) is 11.3 Å². The Bertz CT molecular complexity index is 2120. The van der Waals surface area contributed by atoms with E-state index in [1.54, 1.807) is 17.5 Å². The summed E-state index contributed by atoms with van der Waals surface area (Å²) in [6.45, 7) is 10.8. The van der Waals surface area contributed by atoms with Crippen molar-refractivity contribution in [2.24, 2.45) is 0 Å². The maximum Gasteiger partial charge on any atom is 0.123 e. The van der Waals surface area contributed by atoms with Crippen molar-refractivity contribution in [1.82, 2.24) is 9.97 Å². The van der Waals surface area contributed by atoms with Crippen LogP contribution in [0.5, 0.6) is 0 Å². The maximum absolute atomic E-state index is 13.4. The van der Waals surface area contributed by atoms with Crippen LogP contribution in [-0.4, -0.2) is 18.0 Å². The van der Waals surface area contributed by atoms with Crippen molar-refractivity contribution in [2.75, 3.05) is 0 Å². The molecule has 0 amide bonds. The predicted octanol–water partition coefficient (Wildman–Crippen LogP) is 10.9. The summed E-state index contributed by atoms with van der Waals surface area (Å²) in [5.74, 6) is -0.927. The van der Waals surface area contributed by atoms with Crippen LogP contribution in [-0.2, 0) is 20.1 Å². The van der Waals surface area contributed by atoms with Gasteiger partial charge in [0.05, 0.1) is 8.07 Å². The summed E-state index contributed by atoms with van der Waals surface area (Å²) < 4.78 is 24.1. The molecule has 4 aromatic carbocycles. The van der Waals surface area contributed by atoms with E-state index in [2.05, 4.69) is 72.1 Å². The largest absolute Gasteiger partial charge is 0.305 e. The maximum atomic E-state index is 13.4. The van der Waals surface area contributed by atoms with E-state index in [-0.39, 0.29) is 25.9 Å². The first-order valence-corrected chi connectivity index (χ1v) is 19.3. The van der Waals surface area contributed by atoms with Crippen molar-refractivity contribution in [2.45, 2.75) is 39.4 Å². The van der Waals surface area contributed by atoms with Crippen LogP contribution in [0.4, 0.5) is 4.39 Å². The van der Waals surface area contributed by atoms with Crippen LogP contribution in [0, 0.1) is 17.9 Å². The molecule has 1 radical (unpaired) electrons. The Balaban J connectivity index is 0.000000217. The van der Waals surface area contributed by atoms with Gasteiger partial charge in [-0.05, 0) is 61.9 Å². The quantitative estimate of drug-likeness (QED) is 0.128. The van der Waals surface area contributed by atoms with Crippen LogP contribution in [0.25, 0.3) is 53.8 Å². The Hall–Kier alpha value is -3.80. The molecular formula is C40H35FIrN2SSi-2. The summed E-state index contributed by atoms with van der Waals surface area (Å²) in [6.07, 6.45) is 3.79. The molecule has 0 saturated carbocycles. The number of rotatable bonds is 5. The van der Waals surface area contributed by atoms with Gasteiger partial charge in [0.1, 0.15) is 5.82 Å². The zero-order chi connectivity index (χ0) is 32.5. The number of nitrogens with zero attached hydrogens (tertiary/aromatic N) is 2. The fraction of sp³-hybridized carbons (Fsp3) is 0.150. The average Bonchev–Trinajstić information content (AvgIpc) is 3.45. The Kier molecular flexibility index (Phi) is 10.0. The molecule has 0 atom stereocenters. The topological polar surface area (TPSA) is 25.8 Å². The van der Waals surface area contributed by atoms with E-state index in [1.165, 1.54) is 22.7 Å². The minimum Gasteiger partial charge on any atom is -0.305 e. The molecule has 0 aliphatic heterocycles. The average molecular weight is 816 g/mol. The molecule has 0 unspecified atom stereocenters. The molecule has 0 bridgehead atoms. The van der Waals surface area contributed by atoms with Crippen LogP contribution < -0.4 is 5.19 Å².